The van der Waals surface area contributed by atoms with Crippen molar-refractivity contribution in [1.29, 1.82) is 0 Å². The number of hydrogen-bond donors (Lipinski definition) is 2. The lowest BCUT2D eigenvalue weighted by atomic mass is 9.84. The third kappa shape index (κ3) is 6.11. The van der Waals surface area contributed by atoms with Crippen LogP contribution >= 0.6 is 24.0 Å². The van der Waals surface area contributed by atoms with E-state index >= 15 is 0 Å². The van der Waals surface area contributed by atoms with Gasteiger partial charge in [-0.1, -0.05) is 50.6 Å². The van der Waals surface area contributed by atoms with Crippen molar-refractivity contribution in [3.8, 4) is 0 Å². The highest BCUT2D eigenvalue weighted by molar-refractivity contribution is 14.0. The lowest BCUT2D eigenvalue weighted by molar-refractivity contribution is 0.536. The average molecular weight is 389 g/mol. The zero-order valence-corrected chi connectivity index (χ0v) is 15.6. The van der Waals surface area contributed by atoms with E-state index in [9.17, 15) is 0 Å². The minimum Gasteiger partial charge on any atom is -0.370 e. The Kier molecular flexibility index (Phi) is 8.16. The van der Waals surface area contributed by atoms with Crippen molar-refractivity contribution in [2.24, 2.45) is 10.7 Å². The molecule has 0 fully saturated rings. The van der Waals surface area contributed by atoms with Crippen LogP contribution < -0.4 is 11.1 Å². The van der Waals surface area contributed by atoms with Gasteiger partial charge < -0.3 is 11.1 Å². The molecule has 0 aliphatic rings. The fourth-order valence-electron chi connectivity index (χ4n) is 1.78. The van der Waals surface area contributed by atoms with Crippen LogP contribution in [0.5, 0.6) is 0 Å². The number of guanidine groups is 1. The Hall–Kier alpha value is -0.780. The molecule has 0 aliphatic heterocycles. The van der Waals surface area contributed by atoms with Gasteiger partial charge in [0.25, 0.3) is 0 Å². The van der Waals surface area contributed by atoms with Crippen molar-refractivity contribution in [2.45, 2.75) is 52.5 Å². The van der Waals surface area contributed by atoms with Crippen LogP contribution in [0.2, 0.25) is 0 Å². The van der Waals surface area contributed by atoms with Crippen LogP contribution in [0.1, 0.15) is 45.2 Å². The fraction of sp³-hybridized carbons (Fsp3) is 0.562. The Bertz CT molecular complexity index is 424. The molecule has 0 aromatic heterocycles. The van der Waals surface area contributed by atoms with Gasteiger partial charge >= 0.3 is 0 Å². The predicted molar refractivity (Wildman–Crippen MR) is 99.0 cm³/mol. The van der Waals surface area contributed by atoms with E-state index in [0.29, 0.717) is 18.5 Å². The standard InChI is InChI=1S/C16H27N3.HI/c1-6-13(3)19-15(17)18-11-16(4,5)14-9-7-12(2)8-10-14;/h7-10,13H,6,11H2,1-5H3,(H3,17,18,19);1H. The first-order valence-corrected chi connectivity index (χ1v) is 6.98. The summed E-state index contributed by atoms with van der Waals surface area (Å²) < 4.78 is 0. The summed E-state index contributed by atoms with van der Waals surface area (Å²) in [5, 5.41) is 3.19. The van der Waals surface area contributed by atoms with E-state index in [0.717, 1.165) is 6.42 Å². The summed E-state index contributed by atoms with van der Waals surface area (Å²) in [4.78, 5) is 4.47. The summed E-state index contributed by atoms with van der Waals surface area (Å²) in [6, 6.07) is 8.99. The predicted octanol–water partition coefficient (Wildman–Crippen LogP) is 3.59. The molecule has 3 N–H and O–H groups in total. The zero-order valence-electron chi connectivity index (χ0n) is 13.2. The molecular formula is C16H28IN3. The van der Waals surface area contributed by atoms with Gasteiger partial charge in [0.2, 0.25) is 0 Å². The number of nitrogens with zero attached hydrogens (tertiary/aromatic N) is 1. The summed E-state index contributed by atoms with van der Waals surface area (Å²) >= 11 is 0. The number of benzene rings is 1. The van der Waals surface area contributed by atoms with Crippen LogP contribution in [0.25, 0.3) is 0 Å². The maximum Gasteiger partial charge on any atom is 0.188 e. The molecular weight excluding hydrogens is 361 g/mol. The highest BCUT2D eigenvalue weighted by atomic mass is 127. The lowest BCUT2D eigenvalue weighted by Gasteiger charge is -2.24. The topological polar surface area (TPSA) is 50.4 Å². The number of aryl methyl sites for hydroxylation is 1. The first kappa shape index (κ1) is 19.2. The highest BCUT2D eigenvalue weighted by Gasteiger charge is 2.20. The maximum atomic E-state index is 5.90. The Labute approximate surface area is 140 Å². The Morgan fingerprint density at radius 2 is 1.85 bits per heavy atom. The monoisotopic (exact) mass is 389 g/mol. The molecule has 1 unspecified atom stereocenters. The molecule has 0 heterocycles. The average Bonchev–Trinajstić information content (AvgIpc) is 2.37. The summed E-state index contributed by atoms with van der Waals surface area (Å²) in [6.07, 6.45) is 1.04. The molecule has 3 nitrogen and oxygen atoms in total. The van der Waals surface area contributed by atoms with Crippen molar-refractivity contribution < 1.29 is 0 Å². The van der Waals surface area contributed by atoms with Crippen LogP contribution in [0.4, 0.5) is 0 Å². The van der Waals surface area contributed by atoms with E-state index < -0.39 is 0 Å². The van der Waals surface area contributed by atoms with Crippen LogP contribution in [0, 0.1) is 6.92 Å². The smallest absolute Gasteiger partial charge is 0.188 e. The van der Waals surface area contributed by atoms with Crippen molar-refractivity contribution in [2.75, 3.05) is 6.54 Å². The number of nitrogens with two attached hydrogens (primary N) is 1. The minimum absolute atomic E-state index is 0. The van der Waals surface area contributed by atoms with Gasteiger partial charge in [-0.2, -0.15) is 0 Å². The largest absolute Gasteiger partial charge is 0.370 e. The fourth-order valence-corrected chi connectivity index (χ4v) is 1.78. The summed E-state index contributed by atoms with van der Waals surface area (Å²) in [5.74, 6) is 0.537. The lowest BCUT2D eigenvalue weighted by Crippen LogP contribution is -2.39. The molecule has 114 valence electrons. The second kappa shape index (κ2) is 8.49. The second-order valence-corrected chi connectivity index (χ2v) is 5.91. The van der Waals surface area contributed by atoms with Crippen molar-refractivity contribution in [3.05, 3.63) is 35.4 Å². The third-order valence-corrected chi connectivity index (χ3v) is 3.48. The molecule has 20 heavy (non-hydrogen) atoms. The SMILES string of the molecule is CCC(C)NC(N)=NCC(C)(C)c1ccc(C)cc1.I. The molecule has 0 radical (unpaired) electrons. The van der Waals surface area contributed by atoms with Gasteiger partial charge in [0, 0.05) is 11.5 Å². The Morgan fingerprint density at radius 1 is 1.30 bits per heavy atom. The maximum absolute atomic E-state index is 5.90. The van der Waals surface area contributed by atoms with Gasteiger partial charge in [-0.05, 0) is 25.8 Å². The molecule has 0 saturated heterocycles. The highest BCUT2D eigenvalue weighted by Crippen LogP contribution is 2.23. The van der Waals surface area contributed by atoms with Gasteiger partial charge in [-0.15, -0.1) is 24.0 Å². The second-order valence-electron chi connectivity index (χ2n) is 5.91. The van der Waals surface area contributed by atoms with Crippen LogP contribution in [0.3, 0.4) is 0 Å². The van der Waals surface area contributed by atoms with E-state index in [1.54, 1.807) is 0 Å². The van der Waals surface area contributed by atoms with Gasteiger partial charge in [-0.25, -0.2) is 0 Å². The van der Waals surface area contributed by atoms with Crippen LogP contribution in [0.15, 0.2) is 29.3 Å². The van der Waals surface area contributed by atoms with E-state index in [2.05, 4.69) is 69.2 Å². The number of aliphatic imine (C=N–C) groups is 1. The van der Waals surface area contributed by atoms with Gasteiger partial charge in [0.15, 0.2) is 5.96 Å². The minimum atomic E-state index is -0.00451. The van der Waals surface area contributed by atoms with Crippen molar-refractivity contribution in [3.63, 3.8) is 0 Å². The Balaban J connectivity index is 0.00000361. The van der Waals surface area contributed by atoms with Crippen LogP contribution in [-0.2, 0) is 5.41 Å². The molecule has 1 aromatic carbocycles. The normalized spacial score (nSPS) is 13.6. The van der Waals surface area contributed by atoms with Crippen LogP contribution in [-0.4, -0.2) is 18.5 Å². The number of nitrogens with one attached hydrogen (secondary N) is 1. The summed E-state index contributed by atoms with van der Waals surface area (Å²) in [5.41, 5.74) is 8.46. The van der Waals surface area contributed by atoms with Gasteiger partial charge in [0.05, 0.1) is 6.54 Å². The summed E-state index contributed by atoms with van der Waals surface area (Å²) in [6.45, 7) is 11.4. The Morgan fingerprint density at radius 3 is 2.35 bits per heavy atom. The number of rotatable bonds is 5. The molecule has 4 heteroatoms. The molecule has 1 aromatic rings. The molecule has 0 amide bonds. The molecule has 0 bridgehead atoms. The zero-order chi connectivity index (χ0) is 14.5. The third-order valence-electron chi connectivity index (χ3n) is 3.48. The number of hydrogen-bond acceptors (Lipinski definition) is 1. The number of halogens is 1. The van der Waals surface area contributed by atoms with E-state index in [1.165, 1.54) is 11.1 Å². The molecule has 0 saturated carbocycles. The van der Waals surface area contributed by atoms with Gasteiger partial charge in [0.1, 0.15) is 0 Å². The quantitative estimate of drug-likeness (QED) is 0.459. The first-order chi connectivity index (χ1) is 8.85. The van der Waals surface area contributed by atoms with Crippen molar-refractivity contribution in [1.82, 2.24) is 5.32 Å². The van der Waals surface area contributed by atoms with Crippen molar-refractivity contribution >= 4 is 29.9 Å². The van der Waals surface area contributed by atoms with E-state index in [-0.39, 0.29) is 29.4 Å². The van der Waals surface area contributed by atoms with E-state index in [1.807, 2.05) is 0 Å². The molecule has 0 spiro atoms. The first-order valence-electron chi connectivity index (χ1n) is 6.98. The molecule has 0 aliphatic carbocycles. The summed E-state index contributed by atoms with van der Waals surface area (Å²) in [7, 11) is 0. The van der Waals surface area contributed by atoms with Gasteiger partial charge in [-0.3, -0.25) is 4.99 Å². The molecule has 1 atom stereocenters. The molecule has 1 rings (SSSR count). The van der Waals surface area contributed by atoms with E-state index in [4.69, 9.17) is 5.73 Å².